The van der Waals surface area contributed by atoms with Crippen LogP contribution in [0.25, 0.3) is 0 Å². The number of halogens is 2. The third-order valence-electron chi connectivity index (χ3n) is 3.21. The van der Waals surface area contributed by atoms with Crippen molar-refractivity contribution in [1.29, 1.82) is 0 Å². The van der Waals surface area contributed by atoms with Crippen LogP contribution in [0.5, 0.6) is 0 Å². The van der Waals surface area contributed by atoms with E-state index in [1.165, 1.54) is 24.3 Å². The zero-order valence-electron chi connectivity index (χ0n) is 12.5. The first-order chi connectivity index (χ1) is 10.1. The first-order valence-corrected chi connectivity index (χ1v) is 9.24. The Balaban J connectivity index is 2.31. The molecule has 2 aromatic carbocycles. The van der Waals surface area contributed by atoms with Gasteiger partial charge in [0, 0.05) is 3.57 Å². The number of rotatable bonds is 3. The second-order valence-corrected chi connectivity index (χ2v) is 8.93. The second-order valence-electron chi connectivity index (χ2n) is 6.00. The van der Waals surface area contributed by atoms with Crippen LogP contribution in [-0.2, 0) is 15.4 Å². The lowest BCUT2D eigenvalue weighted by Crippen LogP contribution is -2.15. The summed E-state index contributed by atoms with van der Waals surface area (Å²) < 4.78 is 41.4. The maximum Gasteiger partial charge on any atom is 0.261 e. The van der Waals surface area contributed by atoms with E-state index in [9.17, 15) is 12.8 Å². The number of anilines is 1. The van der Waals surface area contributed by atoms with Crippen molar-refractivity contribution in [3.05, 3.63) is 57.4 Å². The molecule has 0 saturated heterocycles. The molecule has 6 heteroatoms. The van der Waals surface area contributed by atoms with E-state index in [-0.39, 0.29) is 16.0 Å². The van der Waals surface area contributed by atoms with Gasteiger partial charge in [0.25, 0.3) is 10.0 Å². The summed E-state index contributed by atoms with van der Waals surface area (Å²) in [7, 11) is -3.80. The highest BCUT2D eigenvalue weighted by atomic mass is 127. The molecule has 2 aromatic rings. The van der Waals surface area contributed by atoms with E-state index in [0.717, 1.165) is 5.56 Å². The molecule has 0 spiro atoms. The zero-order valence-corrected chi connectivity index (χ0v) is 15.5. The molecule has 0 aliphatic rings. The third kappa shape index (κ3) is 3.98. The number of nitrogens with one attached hydrogen (secondary N) is 1. The number of sulfonamides is 1. The highest BCUT2D eigenvalue weighted by Gasteiger charge is 2.18. The summed E-state index contributed by atoms with van der Waals surface area (Å²) in [6, 6.07) is 11.0. The molecule has 118 valence electrons. The Kier molecular flexibility index (Phi) is 4.81. The van der Waals surface area contributed by atoms with E-state index in [1.54, 1.807) is 18.2 Å². The molecule has 0 saturated carbocycles. The smallest absolute Gasteiger partial charge is 0.261 e. The van der Waals surface area contributed by atoms with Crippen molar-refractivity contribution in [2.24, 2.45) is 0 Å². The van der Waals surface area contributed by atoms with Crippen LogP contribution in [0.15, 0.2) is 47.4 Å². The summed E-state index contributed by atoms with van der Waals surface area (Å²) >= 11 is 1.96. The van der Waals surface area contributed by atoms with Gasteiger partial charge in [0.15, 0.2) is 0 Å². The molecule has 0 aromatic heterocycles. The van der Waals surface area contributed by atoms with Crippen LogP contribution in [0.3, 0.4) is 0 Å². The minimum absolute atomic E-state index is 0.0553. The van der Waals surface area contributed by atoms with E-state index < -0.39 is 15.8 Å². The van der Waals surface area contributed by atoms with E-state index in [2.05, 4.69) is 25.5 Å². The van der Waals surface area contributed by atoms with Gasteiger partial charge >= 0.3 is 0 Å². The van der Waals surface area contributed by atoms with Gasteiger partial charge in [0.1, 0.15) is 5.82 Å². The molecule has 0 heterocycles. The Morgan fingerprint density at radius 3 is 2.14 bits per heavy atom. The van der Waals surface area contributed by atoms with Crippen LogP contribution >= 0.6 is 22.6 Å². The highest BCUT2D eigenvalue weighted by molar-refractivity contribution is 14.1. The van der Waals surface area contributed by atoms with Gasteiger partial charge in [-0.3, -0.25) is 4.72 Å². The Hall–Kier alpha value is -1.15. The highest BCUT2D eigenvalue weighted by Crippen LogP contribution is 2.25. The molecule has 0 unspecified atom stereocenters. The fraction of sp³-hybridized carbons (Fsp3) is 0.250. The lowest BCUT2D eigenvalue weighted by molar-refractivity contribution is 0.587. The van der Waals surface area contributed by atoms with Gasteiger partial charge in [0.05, 0.1) is 10.6 Å². The molecule has 0 fully saturated rings. The standard InChI is InChI=1S/C16H17FINO2S/c1-16(2,3)11-4-7-13(8-5-11)22(20,21)19-15-9-6-12(18)10-14(15)17/h4-10,19H,1-3H3. The van der Waals surface area contributed by atoms with E-state index in [4.69, 9.17) is 0 Å². The van der Waals surface area contributed by atoms with Gasteiger partial charge in [-0.15, -0.1) is 0 Å². The molecule has 2 rings (SSSR count). The first-order valence-electron chi connectivity index (χ1n) is 6.68. The van der Waals surface area contributed by atoms with Crippen molar-refractivity contribution >= 4 is 38.3 Å². The maximum absolute atomic E-state index is 13.8. The van der Waals surface area contributed by atoms with Gasteiger partial charge in [0.2, 0.25) is 0 Å². The van der Waals surface area contributed by atoms with Crippen LogP contribution in [0, 0.1) is 9.39 Å². The first kappa shape index (κ1) is 17.2. The van der Waals surface area contributed by atoms with Crippen molar-refractivity contribution in [1.82, 2.24) is 0 Å². The molecule has 0 aliphatic carbocycles. The van der Waals surface area contributed by atoms with Crippen LogP contribution in [0.2, 0.25) is 0 Å². The van der Waals surface area contributed by atoms with Crippen LogP contribution in [-0.4, -0.2) is 8.42 Å². The van der Waals surface area contributed by atoms with Gasteiger partial charge in [-0.05, 0) is 63.9 Å². The summed E-state index contributed by atoms with van der Waals surface area (Å²) in [6.07, 6.45) is 0. The fourth-order valence-electron chi connectivity index (χ4n) is 1.91. The Labute approximate surface area is 144 Å². The average Bonchev–Trinajstić information content (AvgIpc) is 2.41. The molecule has 0 bridgehead atoms. The van der Waals surface area contributed by atoms with E-state index in [0.29, 0.717) is 3.57 Å². The van der Waals surface area contributed by atoms with Gasteiger partial charge in [-0.2, -0.15) is 0 Å². The number of hydrogen-bond donors (Lipinski definition) is 1. The summed E-state index contributed by atoms with van der Waals surface area (Å²) in [4.78, 5) is 0.110. The van der Waals surface area contributed by atoms with Crippen LogP contribution in [0.4, 0.5) is 10.1 Å². The fourth-order valence-corrected chi connectivity index (χ4v) is 3.43. The topological polar surface area (TPSA) is 46.2 Å². The third-order valence-corrected chi connectivity index (χ3v) is 5.26. The zero-order chi connectivity index (χ0) is 16.5. The second kappa shape index (κ2) is 6.16. The molecule has 1 N–H and O–H groups in total. The van der Waals surface area contributed by atoms with Gasteiger partial charge in [-0.25, -0.2) is 12.8 Å². The molecule has 22 heavy (non-hydrogen) atoms. The van der Waals surface area contributed by atoms with Crippen molar-refractivity contribution < 1.29 is 12.8 Å². The van der Waals surface area contributed by atoms with Crippen LogP contribution < -0.4 is 4.72 Å². The normalized spacial score (nSPS) is 12.2. The van der Waals surface area contributed by atoms with Gasteiger partial charge < -0.3 is 0 Å². The molecular formula is C16H17FINO2S. The summed E-state index contributed by atoms with van der Waals surface area (Å²) in [5.74, 6) is -0.596. The van der Waals surface area contributed by atoms with Crippen molar-refractivity contribution in [3.63, 3.8) is 0 Å². The maximum atomic E-state index is 13.8. The average molecular weight is 433 g/mol. The minimum Gasteiger partial charge on any atom is -0.277 e. The summed E-state index contributed by atoms with van der Waals surface area (Å²) in [5, 5.41) is 0. The van der Waals surface area contributed by atoms with E-state index in [1.807, 2.05) is 22.6 Å². The molecule has 0 amide bonds. The van der Waals surface area contributed by atoms with Crippen LogP contribution in [0.1, 0.15) is 26.3 Å². The summed E-state index contributed by atoms with van der Waals surface area (Å²) in [5.41, 5.74) is 0.921. The monoisotopic (exact) mass is 433 g/mol. The van der Waals surface area contributed by atoms with Gasteiger partial charge in [-0.1, -0.05) is 32.9 Å². The lowest BCUT2D eigenvalue weighted by atomic mass is 9.87. The number of hydrogen-bond acceptors (Lipinski definition) is 2. The predicted octanol–water partition coefficient (Wildman–Crippen LogP) is 4.53. The minimum atomic E-state index is -3.80. The Bertz CT molecular complexity index is 781. The molecule has 0 atom stereocenters. The number of benzene rings is 2. The molecule has 0 radical (unpaired) electrons. The van der Waals surface area contributed by atoms with E-state index >= 15 is 0 Å². The van der Waals surface area contributed by atoms with Crippen molar-refractivity contribution in [2.45, 2.75) is 31.1 Å². The largest absolute Gasteiger partial charge is 0.277 e. The predicted molar refractivity (Wildman–Crippen MR) is 95.1 cm³/mol. The molecule has 3 nitrogen and oxygen atoms in total. The SMILES string of the molecule is CC(C)(C)c1ccc(S(=O)(=O)Nc2ccc(I)cc2F)cc1. The lowest BCUT2D eigenvalue weighted by Gasteiger charge is -2.19. The Morgan fingerprint density at radius 2 is 1.64 bits per heavy atom. The molecule has 0 aliphatic heterocycles. The molecular weight excluding hydrogens is 416 g/mol. The quantitative estimate of drug-likeness (QED) is 0.724. The Morgan fingerprint density at radius 1 is 1.05 bits per heavy atom. The summed E-state index contributed by atoms with van der Waals surface area (Å²) in [6.45, 7) is 6.15. The van der Waals surface area contributed by atoms with Crippen molar-refractivity contribution in [2.75, 3.05) is 4.72 Å². The van der Waals surface area contributed by atoms with Crippen molar-refractivity contribution in [3.8, 4) is 0 Å².